The minimum atomic E-state index is -3.10. The van der Waals surface area contributed by atoms with E-state index < -0.39 is 27.5 Å². The molecule has 1 aliphatic rings. The van der Waals surface area contributed by atoms with Gasteiger partial charge in [-0.25, -0.2) is 27.7 Å². The lowest BCUT2D eigenvalue weighted by Crippen LogP contribution is -2.39. The van der Waals surface area contributed by atoms with Gasteiger partial charge < -0.3 is 5.32 Å². The Kier molecular flexibility index (Phi) is 3.94. The highest BCUT2D eigenvalue weighted by atomic mass is 32.2. The van der Waals surface area contributed by atoms with E-state index in [1.165, 1.54) is 12.4 Å². The molecule has 0 aromatic carbocycles. The second-order valence-electron chi connectivity index (χ2n) is 5.10. The molecule has 0 spiro atoms. The van der Waals surface area contributed by atoms with Gasteiger partial charge in [0.15, 0.2) is 15.7 Å². The summed E-state index contributed by atoms with van der Waals surface area (Å²) in [5.74, 6) is -1.18. The standard InChI is InChI=1S/C12H13N5O5S/c18-9(15-8-2-5-23(20,21)7-8)6-17-11(16-22-12(17)19)10-13-3-1-4-14-10/h1,3-4,8H,2,5-7H2,(H,15,18)/t8-/m1/s1. The molecule has 2 aromatic rings. The average molecular weight is 339 g/mol. The summed E-state index contributed by atoms with van der Waals surface area (Å²) in [5.41, 5.74) is 0. The third-order valence-corrected chi connectivity index (χ3v) is 5.12. The maximum Gasteiger partial charge on any atom is 0.442 e. The monoisotopic (exact) mass is 339 g/mol. The summed E-state index contributed by atoms with van der Waals surface area (Å²) in [5, 5.41) is 6.16. The molecule has 1 amide bonds. The van der Waals surface area contributed by atoms with Gasteiger partial charge in [-0.15, -0.1) is 0 Å². The smallest absolute Gasteiger partial charge is 0.351 e. The Balaban J connectivity index is 1.75. The van der Waals surface area contributed by atoms with Crippen LogP contribution < -0.4 is 11.1 Å². The Morgan fingerprint density at radius 1 is 1.39 bits per heavy atom. The average Bonchev–Trinajstić information content (AvgIpc) is 3.03. The van der Waals surface area contributed by atoms with Crippen LogP contribution >= 0.6 is 0 Å². The van der Waals surface area contributed by atoms with E-state index in [0.717, 1.165) is 4.57 Å². The Labute approximate surface area is 130 Å². The predicted molar refractivity (Wildman–Crippen MR) is 77.0 cm³/mol. The van der Waals surface area contributed by atoms with Crippen molar-refractivity contribution in [1.82, 2.24) is 25.0 Å². The molecule has 1 saturated heterocycles. The van der Waals surface area contributed by atoms with Gasteiger partial charge in [0.25, 0.3) is 0 Å². The molecular weight excluding hydrogens is 326 g/mol. The first-order valence-electron chi connectivity index (χ1n) is 6.78. The summed E-state index contributed by atoms with van der Waals surface area (Å²) in [7, 11) is -3.10. The molecular formula is C12H13N5O5S. The molecule has 0 saturated carbocycles. The van der Waals surface area contributed by atoms with Crippen LogP contribution in [0.1, 0.15) is 6.42 Å². The lowest BCUT2D eigenvalue weighted by molar-refractivity contribution is -0.122. The summed E-state index contributed by atoms with van der Waals surface area (Å²) >= 11 is 0. The number of hydrogen-bond acceptors (Lipinski definition) is 8. The van der Waals surface area contributed by atoms with Crippen LogP contribution in [0.4, 0.5) is 0 Å². The first kappa shape index (κ1) is 15.3. The number of carbonyl (C=O) groups is 1. The summed E-state index contributed by atoms with van der Waals surface area (Å²) in [6.07, 6.45) is 3.30. The van der Waals surface area contributed by atoms with E-state index in [-0.39, 0.29) is 29.7 Å². The topological polar surface area (TPSA) is 137 Å². The normalized spacial score (nSPS) is 19.6. The van der Waals surface area contributed by atoms with E-state index in [4.69, 9.17) is 0 Å². The number of rotatable bonds is 4. The first-order chi connectivity index (χ1) is 10.9. The molecule has 0 aliphatic carbocycles. The zero-order chi connectivity index (χ0) is 16.4. The molecule has 10 nitrogen and oxygen atoms in total. The summed E-state index contributed by atoms with van der Waals surface area (Å²) < 4.78 is 28.3. The molecule has 11 heteroatoms. The van der Waals surface area contributed by atoms with Crippen molar-refractivity contribution in [3.05, 3.63) is 29.0 Å². The maximum atomic E-state index is 12.0. The van der Waals surface area contributed by atoms with Gasteiger partial charge in [0, 0.05) is 18.4 Å². The van der Waals surface area contributed by atoms with Gasteiger partial charge in [-0.1, -0.05) is 5.16 Å². The van der Waals surface area contributed by atoms with E-state index in [9.17, 15) is 18.0 Å². The fourth-order valence-corrected chi connectivity index (χ4v) is 3.98. The van der Waals surface area contributed by atoms with Crippen molar-refractivity contribution in [1.29, 1.82) is 0 Å². The SMILES string of the molecule is O=C(Cn1c(-c2ncccn2)noc1=O)N[C@@H]1CCS(=O)(=O)C1. The number of carbonyl (C=O) groups excluding carboxylic acids is 1. The Morgan fingerprint density at radius 2 is 2.13 bits per heavy atom. The highest BCUT2D eigenvalue weighted by Gasteiger charge is 2.29. The van der Waals surface area contributed by atoms with Gasteiger partial charge in [-0.3, -0.25) is 9.32 Å². The largest absolute Gasteiger partial charge is 0.442 e. The molecule has 2 aromatic heterocycles. The molecule has 3 rings (SSSR count). The third kappa shape index (κ3) is 3.44. The van der Waals surface area contributed by atoms with E-state index in [0.29, 0.717) is 6.42 Å². The van der Waals surface area contributed by atoms with Crippen LogP contribution in [-0.2, 0) is 21.2 Å². The molecule has 0 unspecified atom stereocenters. The van der Waals surface area contributed by atoms with Gasteiger partial charge >= 0.3 is 5.76 Å². The fraction of sp³-hybridized carbons (Fsp3) is 0.417. The Morgan fingerprint density at radius 3 is 2.78 bits per heavy atom. The first-order valence-corrected chi connectivity index (χ1v) is 8.60. The molecule has 3 heterocycles. The van der Waals surface area contributed by atoms with Crippen LogP contribution in [0.15, 0.2) is 27.8 Å². The van der Waals surface area contributed by atoms with E-state index in [1.54, 1.807) is 6.07 Å². The van der Waals surface area contributed by atoms with E-state index in [2.05, 4.69) is 25.0 Å². The van der Waals surface area contributed by atoms with Crippen molar-refractivity contribution in [3.63, 3.8) is 0 Å². The molecule has 0 bridgehead atoms. The molecule has 122 valence electrons. The quantitative estimate of drug-likeness (QED) is 0.718. The minimum absolute atomic E-state index is 0.0322. The zero-order valence-corrected chi connectivity index (χ0v) is 12.7. The van der Waals surface area contributed by atoms with Crippen LogP contribution in [0, 0.1) is 0 Å². The predicted octanol–water partition coefficient (Wildman–Crippen LogP) is -1.40. The summed E-state index contributed by atoms with van der Waals surface area (Å²) in [6, 6.07) is 1.15. The zero-order valence-electron chi connectivity index (χ0n) is 11.9. The van der Waals surface area contributed by atoms with Crippen LogP contribution in [0.2, 0.25) is 0 Å². The number of sulfone groups is 1. The molecule has 23 heavy (non-hydrogen) atoms. The minimum Gasteiger partial charge on any atom is -0.351 e. The molecule has 1 fully saturated rings. The van der Waals surface area contributed by atoms with E-state index in [1.807, 2.05) is 0 Å². The highest BCUT2D eigenvalue weighted by molar-refractivity contribution is 7.91. The molecule has 1 atom stereocenters. The van der Waals surface area contributed by atoms with Crippen molar-refractivity contribution < 1.29 is 17.7 Å². The lowest BCUT2D eigenvalue weighted by Gasteiger charge is -2.10. The van der Waals surface area contributed by atoms with Crippen molar-refractivity contribution >= 4 is 15.7 Å². The van der Waals surface area contributed by atoms with Crippen molar-refractivity contribution in [2.24, 2.45) is 0 Å². The number of amides is 1. The van der Waals surface area contributed by atoms with Crippen molar-refractivity contribution in [3.8, 4) is 11.6 Å². The van der Waals surface area contributed by atoms with Gasteiger partial charge in [0.1, 0.15) is 6.54 Å². The highest BCUT2D eigenvalue weighted by Crippen LogP contribution is 2.12. The lowest BCUT2D eigenvalue weighted by atomic mass is 10.2. The number of nitrogens with zero attached hydrogens (tertiary/aromatic N) is 4. The van der Waals surface area contributed by atoms with Gasteiger partial charge in [0.05, 0.1) is 11.5 Å². The second-order valence-corrected chi connectivity index (χ2v) is 7.33. The van der Waals surface area contributed by atoms with Gasteiger partial charge in [0.2, 0.25) is 11.7 Å². The van der Waals surface area contributed by atoms with Crippen LogP contribution in [-0.4, -0.2) is 51.6 Å². The molecule has 1 aliphatic heterocycles. The number of nitrogens with one attached hydrogen (secondary N) is 1. The van der Waals surface area contributed by atoms with Crippen LogP contribution in [0.5, 0.6) is 0 Å². The van der Waals surface area contributed by atoms with Crippen LogP contribution in [0.25, 0.3) is 11.6 Å². The Hall–Kier alpha value is -2.56. The summed E-state index contributed by atoms with van der Waals surface area (Å²) in [6.45, 7) is -0.355. The van der Waals surface area contributed by atoms with Crippen LogP contribution in [0.3, 0.4) is 0 Å². The third-order valence-electron chi connectivity index (χ3n) is 3.35. The molecule has 0 radical (unpaired) electrons. The van der Waals surface area contributed by atoms with Gasteiger partial charge in [-0.2, -0.15) is 0 Å². The number of aromatic nitrogens is 4. The number of hydrogen-bond donors (Lipinski definition) is 1. The fourth-order valence-electron chi connectivity index (χ4n) is 2.31. The van der Waals surface area contributed by atoms with Crippen molar-refractivity contribution in [2.45, 2.75) is 19.0 Å². The van der Waals surface area contributed by atoms with E-state index >= 15 is 0 Å². The van der Waals surface area contributed by atoms with Crippen molar-refractivity contribution in [2.75, 3.05) is 11.5 Å². The Bertz CT molecular complexity index is 873. The van der Waals surface area contributed by atoms with Gasteiger partial charge in [-0.05, 0) is 12.5 Å². The summed E-state index contributed by atoms with van der Waals surface area (Å²) in [4.78, 5) is 31.6. The molecule has 1 N–H and O–H groups in total. The second kappa shape index (κ2) is 5.91. The maximum absolute atomic E-state index is 12.0.